The Hall–Kier alpha value is 0.400. The largest absolute Gasteiger partial charge is 0.373 e. The Morgan fingerprint density at radius 3 is 2.36 bits per heavy atom. The van der Waals surface area contributed by atoms with Crippen LogP contribution in [0.3, 0.4) is 0 Å². The SMILES string of the molecule is CCC(CBr)CN1CC(C)OC(C)C1. The van der Waals surface area contributed by atoms with Gasteiger partial charge in [0.2, 0.25) is 0 Å². The second-order valence-corrected chi connectivity index (χ2v) is 5.05. The quantitative estimate of drug-likeness (QED) is 0.723. The van der Waals surface area contributed by atoms with E-state index in [1.807, 2.05) is 0 Å². The summed E-state index contributed by atoms with van der Waals surface area (Å²) >= 11 is 3.58. The van der Waals surface area contributed by atoms with E-state index < -0.39 is 0 Å². The molecule has 2 nitrogen and oxygen atoms in total. The third kappa shape index (κ3) is 3.87. The van der Waals surface area contributed by atoms with Crippen LogP contribution >= 0.6 is 15.9 Å². The van der Waals surface area contributed by atoms with Crippen LogP contribution in [0.1, 0.15) is 27.2 Å². The molecule has 1 heterocycles. The third-order valence-electron chi connectivity index (χ3n) is 2.81. The van der Waals surface area contributed by atoms with Crippen molar-refractivity contribution in [2.24, 2.45) is 5.92 Å². The fourth-order valence-corrected chi connectivity index (χ4v) is 2.75. The van der Waals surface area contributed by atoms with Crippen LogP contribution in [-0.2, 0) is 4.74 Å². The zero-order valence-corrected chi connectivity index (χ0v) is 11.1. The van der Waals surface area contributed by atoms with Crippen LogP contribution in [-0.4, -0.2) is 42.1 Å². The lowest BCUT2D eigenvalue weighted by atomic mass is 10.1. The highest BCUT2D eigenvalue weighted by molar-refractivity contribution is 9.09. The van der Waals surface area contributed by atoms with Crippen molar-refractivity contribution >= 4 is 15.9 Å². The van der Waals surface area contributed by atoms with Crippen LogP contribution in [0.5, 0.6) is 0 Å². The van der Waals surface area contributed by atoms with Crippen molar-refractivity contribution < 1.29 is 4.74 Å². The predicted molar refractivity (Wildman–Crippen MR) is 64.0 cm³/mol. The highest BCUT2D eigenvalue weighted by Crippen LogP contribution is 2.15. The molecule has 0 amide bonds. The van der Waals surface area contributed by atoms with Crippen LogP contribution in [0.2, 0.25) is 0 Å². The number of hydrogen-bond acceptors (Lipinski definition) is 2. The fraction of sp³-hybridized carbons (Fsp3) is 1.00. The van der Waals surface area contributed by atoms with Gasteiger partial charge >= 0.3 is 0 Å². The monoisotopic (exact) mass is 263 g/mol. The minimum atomic E-state index is 0.395. The van der Waals surface area contributed by atoms with Gasteiger partial charge in [-0.3, -0.25) is 4.90 Å². The zero-order valence-electron chi connectivity index (χ0n) is 9.50. The van der Waals surface area contributed by atoms with E-state index in [1.54, 1.807) is 0 Å². The highest BCUT2D eigenvalue weighted by atomic mass is 79.9. The molecule has 3 atom stereocenters. The number of alkyl halides is 1. The molecule has 1 aliphatic heterocycles. The average molecular weight is 264 g/mol. The molecule has 1 aliphatic rings. The summed E-state index contributed by atoms with van der Waals surface area (Å²) in [6.07, 6.45) is 2.05. The molecule has 0 aromatic rings. The van der Waals surface area contributed by atoms with Gasteiger partial charge in [-0.1, -0.05) is 29.3 Å². The van der Waals surface area contributed by atoms with Gasteiger partial charge in [-0.05, 0) is 19.8 Å². The minimum Gasteiger partial charge on any atom is -0.373 e. The van der Waals surface area contributed by atoms with Crippen LogP contribution in [0.4, 0.5) is 0 Å². The lowest BCUT2D eigenvalue weighted by Gasteiger charge is -2.36. The first-order valence-corrected chi connectivity index (χ1v) is 6.71. The van der Waals surface area contributed by atoms with Crippen molar-refractivity contribution in [2.75, 3.05) is 25.0 Å². The molecule has 3 heteroatoms. The first-order chi connectivity index (χ1) is 6.65. The molecule has 0 aromatic carbocycles. The van der Waals surface area contributed by atoms with E-state index in [4.69, 9.17) is 4.74 Å². The van der Waals surface area contributed by atoms with E-state index in [-0.39, 0.29) is 0 Å². The lowest BCUT2D eigenvalue weighted by molar-refractivity contribution is -0.0708. The number of morpholine rings is 1. The minimum absolute atomic E-state index is 0.395. The second-order valence-electron chi connectivity index (χ2n) is 4.40. The Balaban J connectivity index is 2.35. The number of ether oxygens (including phenoxy) is 1. The maximum absolute atomic E-state index is 5.71. The summed E-state index contributed by atoms with van der Waals surface area (Å²) in [7, 11) is 0. The van der Waals surface area contributed by atoms with Crippen LogP contribution in [0.15, 0.2) is 0 Å². The predicted octanol–water partition coefficient (Wildman–Crippen LogP) is 2.52. The molecule has 3 unspecified atom stereocenters. The fourth-order valence-electron chi connectivity index (χ4n) is 2.09. The second kappa shape index (κ2) is 6.09. The molecule has 0 aromatic heterocycles. The number of halogens is 1. The summed E-state index contributed by atoms with van der Waals surface area (Å²) in [4.78, 5) is 2.54. The van der Waals surface area contributed by atoms with E-state index >= 15 is 0 Å². The molecule has 0 bridgehead atoms. The molecular formula is C11H22BrNO. The molecule has 14 heavy (non-hydrogen) atoms. The van der Waals surface area contributed by atoms with Crippen molar-refractivity contribution in [3.8, 4) is 0 Å². The molecule has 0 N–H and O–H groups in total. The van der Waals surface area contributed by atoms with Gasteiger partial charge in [-0.25, -0.2) is 0 Å². The van der Waals surface area contributed by atoms with Crippen LogP contribution < -0.4 is 0 Å². The number of nitrogens with zero attached hydrogens (tertiary/aromatic N) is 1. The van der Waals surface area contributed by atoms with Gasteiger partial charge in [0, 0.05) is 25.0 Å². The van der Waals surface area contributed by atoms with Gasteiger partial charge < -0.3 is 4.74 Å². The maximum atomic E-state index is 5.71. The molecule has 0 radical (unpaired) electrons. The van der Waals surface area contributed by atoms with E-state index in [0.29, 0.717) is 12.2 Å². The van der Waals surface area contributed by atoms with Gasteiger partial charge in [0.05, 0.1) is 12.2 Å². The van der Waals surface area contributed by atoms with Gasteiger partial charge in [0.25, 0.3) is 0 Å². The van der Waals surface area contributed by atoms with E-state index in [9.17, 15) is 0 Å². The van der Waals surface area contributed by atoms with Crippen molar-refractivity contribution in [2.45, 2.75) is 39.4 Å². The molecular weight excluding hydrogens is 242 g/mol. The lowest BCUT2D eigenvalue weighted by Crippen LogP contribution is -2.47. The summed E-state index contributed by atoms with van der Waals surface area (Å²) in [5.74, 6) is 0.785. The Labute approximate surface area is 96.1 Å². The molecule has 1 fully saturated rings. The van der Waals surface area contributed by atoms with Gasteiger partial charge in [0.1, 0.15) is 0 Å². The number of rotatable bonds is 4. The van der Waals surface area contributed by atoms with E-state index in [0.717, 1.165) is 24.3 Å². The summed E-state index contributed by atoms with van der Waals surface area (Å²) in [5, 5.41) is 1.11. The van der Waals surface area contributed by atoms with Crippen molar-refractivity contribution in [3.63, 3.8) is 0 Å². The smallest absolute Gasteiger partial charge is 0.0678 e. The Morgan fingerprint density at radius 1 is 1.36 bits per heavy atom. The first kappa shape index (κ1) is 12.5. The zero-order chi connectivity index (χ0) is 10.6. The summed E-state index contributed by atoms with van der Waals surface area (Å²) < 4.78 is 5.71. The average Bonchev–Trinajstić information content (AvgIpc) is 2.12. The summed E-state index contributed by atoms with van der Waals surface area (Å²) in [6.45, 7) is 9.98. The van der Waals surface area contributed by atoms with Gasteiger partial charge in [0.15, 0.2) is 0 Å². The Morgan fingerprint density at radius 2 is 1.93 bits per heavy atom. The summed E-state index contributed by atoms with van der Waals surface area (Å²) in [6, 6.07) is 0. The van der Waals surface area contributed by atoms with Crippen molar-refractivity contribution in [3.05, 3.63) is 0 Å². The molecule has 0 spiro atoms. The van der Waals surface area contributed by atoms with E-state index in [2.05, 4.69) is 41.6 Å². The molecule has 1 rings (SSSR count). The normalized spacial score (nSPS) is 31.7. The first-order valence-electron chi connectivity index (χ1n) is 5.59. The molecule has 0 aliphatic carbocycles. The van der Waals surface area contributed by atoms with Gasteiger partial charge in [-0.2, -0.15) is 0 Å². The Kier molecular flexibility index (Phi) is 5.42. The highest BCUT2D eigenvalue weighted by Gasteiger charge is 2.23. The summed E-state index contributed by atoms with van der Waals surface area (Å²) in [5.41, 5.74) is 0. The maximum Gasteiger partial charge on any atom is 0.0678 e. The van der Waals surface area contributed by atoms with Crippen molar-refractivity contribution in [1.29, 1.82) is 0 Å². The molecule has 1 saturated heterocycles. The standard InChI is InChI=1S/C11H22BrNO/c1-4-11(5-12)8-13-6-9(2)14-10(3)7-13/h9-11H,4-8H2,1-3H3. The molecule has 0 saturated carbocycles. The van der Waals surface area contributed by atoms with Gasteiger partial charge in [-0.15, -0.1) is 0 Å². The van der Waals surface area contributed by atoms with Crippen LogP contribution in [0.25, 0.3) is 0 Å². The van der Waals surface area contributed by atoms with E-state index in [1.165, 1.54) is 13.0 Å². The van der Waals surface area contributed by atoms with Crippen molar-refractivity contribution in [1.82, 2.24) is 4.90 Å². The third-order valence-corrected chi connectivity index (χ3v) is 3.72. The van der Waals surface area contributed by atoms with Crippen LogP contribution in [0, 0.1) is 5.92 Å². The Bertz CT molecular complexity index is 151. The topological polar surface area (TPSA) is 12.5 Å². The number of hydrogen-bond donors (Lipinski definition) is 0. The molecule has 84 valence electrons.